The van der Waals surface area contributed by atoms with E-state index in [4.69, 9.17) is 5.73 Å². The maximum absolute atomic E-state index is 13.4. The molecule has 5 N–H and O–H groups in total. The highest BCUT2D eigenvalue weighted by atomic mass is 19.4. The Bertz CT molecular complexity index is 938. The fourth-order valence-corrected chi connectivity index (χ4v) is 5.60. The van der Waals surface area contributed by atoms with Crippen molar-refractivity contribution in [1.29, 1.82) is 0 Å². The van der Waals surface area contributed by atoms with Crippen LogP contribution in [-0.2, 0) is 24.0 Å². The molecule has 2 heterocycles. The molecule has 0 aromatic rings. The summed E-state index contributed by atoms with van der Waals surface area (Å²) in [4.78, 5) is 63.6. The van der Waals surface area contributed by atoms with Crippen molar-refractivity contribution in [3.63, 3.8) is 0 Å². The van der Waals surface area contributed by atoms with Crippen LogP contribution in [0.3, 0.4) is 0 Å². The number of halogens is 3. The quantitative estimate of drug-likeness (QED) is 0.341. The largest absolute Gasteiger partial charge is 0.471 e. The number of amides is 5. The second-order valence-corrected chi connectivity index (χ2v) is 11.0. The summed E-state index contributed by atoms with van der Waals surface area (Å²) in [6.07, 6.45) is -4.73. The number of rotatable bonds is 9. The smallest absolute Gasteiger partial charge is 0.368 e. The van der Waals surface area contributed by atoms with E-state index in [2.05, 4.69) is 10.6 Å². The third kappa shape index (κ3) is 5.59. The third-order valence-electron chi connectivity index (χ3n) is 7.67. The van der Waals surface area contributed by atoms with E-state index in [9.17, 15) is 37.1 Å². The van der Waals surface area contributed by atoms with Gasteiger partial charge in [-0.1, -0.05) is 27.7 Å². The highest BCUT2D eigenvalue weighted by molar-refractivity contribution is 5.96. The normalized spacial score (nSPS) is 28.2. The number of alkyl halides is 3. The van der Waals surface area contributed by atoms with Gasteiger partial charge in [-0.3, -0.25) is 24.0 Å². The number of carbonyl (C=O) groups is 5. The molecule has 1 aliphatic carbocycles. The zero-order valence-corrected chi connectivity index (χ0v) is 20.8. The van der Waals surface area contributed by atoms with Crippen LogP contribution in [0.2, 0.25) is 0 Å². The number of hydrogen-bond acceptors (Lipinski definition) is 5. The molecule has 3 fully saturated rings. The van der Waals surface area contributed by atoms with E-state index >= 15 is 0 Å². The fourth-order valence-electron chi connectivity index (χ4n) is 5.60. The average Bonchev–Trinajstić information content (AvgIpc) is 3.10. The molecule has 1 unspecified atom stereocenters. The van der Waals surface area contributed by atoms with Gasteiger partial charge < -0.3 is 26.6 Å². The summed E-state index contributed by atoms with van der Waals surface area (Å²) < 4.78 is 38.7. The predicted molar refractivity (Wildman–Crippen MR) is 121 cm³/mol. The Morgan fingerprint density at radius 2 is 1.81 bits per heavy atom. The zero-order valence-electron chi connectivity index (χ0n) is 20.8. The summed E-state index contributed by atoms with van der Waals surface area (Å²) in [5.74, 6) is -5.80. The van der Waals surface area contributed by atoms with E-state index in [1.54, 1.807) is 19.2 Å². The Kier molecular flexibility index (Phi) is 7.62. The molecule has 10 nitrogen and oxygen atoms in total. The van der Waals surface area contributed by atoms with Gasteiger partial charge in [0.05, 0.1) is 0 Å². The highest BCUT2D eigenvalue weighted by Crippen LogP contribution is 2.65. The molecular formula is C23H34F3N5O5. The molecule has 5 amide bonds. The minimum absolute atomic E-state index is 0.00265. The lowest BCUT2D eigenvalue weighted by Gasteiger charge is -2.34. The predicted octanol–water partition coefficient (Wildman–Crippen LogP) is 0.0589. The number of carbonyl (C=O) groups excluding carboxylic acids is 5. The Labute approximate surface area is 207 Å². The summed E-state index contributed by atoms with van der Waals surface area (Å²) in [6, 6.07) is -3.67. The van der Waals surface area contributed by atoms with Crippen LogP contribution in [0.15, 0.2) is 0 Å². The van der Waals surface area contributed by atoms with Gasteiger partial charge in [0.15, 0.2) is 0 Å². The molecule has 36 heavy (non-hydrogen) atoms. The lowest BCUT2D eigenvalue weighted by Crippen LogP contribution is -2.59. The Morgan fingerprint density at radius 3 is 2.31 bits per heavy atom. The number of hydrogen-bond donors (Lipinski definition) is 4. The second-order valence-electron chi connectivity index (χ2n) is 11.0. The number of nitrogens with two attached hydrogens (primary N) is 1. The SMILES string of the molecule is CC(C)C[C@H](NC(=O)C(F)(F)F)C(=O)N1CC2[C@@H]([C@H]1C(=O)N[C@@H](C[C@@H]1CCNC1=O)C(N)=O)C2(C)C. The molecule has 13 heteroatoms. The molecule has 202 valence electrons. The van der Waals surface area contributed by atoms with Crippen molar-refractivity contribution < 1.29 is 37.1 Å². The highest BCUT2D eigenvalue weighted by Gasteiger charge is 2.69. The molecule has 0 aromatic heterocycles. The second kappa shape index (κ2) is 9.89. The van der Waals surface area contributed by atoms with Gasteiger partial charge in [0.2, 0.25) is 23.6 Å². The van der Waals surface area contributed by atoms with Gasteiger partial charge in [-0.2, -0.15) is 13.2 Å². The minimum Gasteiger partial charge on any atom is -0.368 e. The first-order chi connectivity index (χ1) is 16.6. The van der Waals surface area contributed by atoms with Crippen molar-refractivity contribution in [1.82, 2.24) is 20.9 Å². The molecule has 0 aromatic carbocycles. The monoisotopic (exact) mass is 517 g/mol. The lowest BCUT2D eigenvalue weighted by atomic mass is 9.95. The van der Waals surface area contributed by atoms with E-state index in [1.807, 2.05) is 13.8 Å². The fraction of sp³-hybridized carbons (Fsp3) is 0.783. The molecule has 0 spiro atoms. The summed E-state index contributed by atoms with van der Waals surface area (Å²) in [7, 11) is 0. The Balaban J connectivity index is 1.80. The van der Waals surface area contributed by atoms with E-state index < -0.39 is 53.8 Å². The summed E-state index contributed by atoms with van der Waals surface area (Å²) in [6.45, 7) is 7.84. The van der Waals surface area contributed by atoms with Crippen LogP contribution in [-0.4, -0.2) is 71.8 Å². The minimum atomic E-state index is -5.16. The standard InChI is InChI=1S/C23H34F3N5O5/c1-10(2)7-14(30-21(36)23(24,25)26)20(35)31-9-12-15(22(12,3)4)16(31)19(34)29-13(17(27)32)8-11-5-6-28-18(11)33/h10-16H,5-9H2,1-4H3,(H2,27,32)(H,28,33)(H,29,34)(H,30,36)/t11-,12?,13-,14-,15-,16-/m0/s1. The maximum Gasteiger partial charge on any atom is 0.471 e. The van der Waals surface area contributed by atoms with Crippen LogP contribution >= 0.6 is 0 Å². The molecule has 2 aliphatic heterocycles. The summed E-state index contributed by atoms with van der Waals surface area (Å²) >= 11 is 0. The topological polar surface area (TPSA) is 151 Å². The van der Waals surface area contributed by atoms with E-state index in [0.717, 1.165) is 0 Å². The zero-order chi connectivity index (χ0) is 27.2. The molecule has 0 bridgehead atoms. The van der Waals surface area contributed by atoms with Gasteiger partial charge in [0.1, 0.15) is 18.1 Å². The van der Waals surface area contributed by atoms with Crippen LogP contribution in [0.1, 0.15) is 47.0 Å². The first-order valence-electron chi connectivity index (χ1n) is 12.1. The number of nitrogens with zero attached hydrogens (tertiary/aromatic N) is 1. The van der Waals surface area contributed by atoms with E-state index in [1.165, 1.54) is 4.90 Å². The van der Waals surface area contributed by atoms with Crippen molar-refractivity contribution in [3.8, 4) is 0 Å². The van der Waals surface area contributed by atoms with Gasteiger partial charge in [-0.05, 0) is 42.4 Å². The maximum atomic E-state index is 13.4. The van der Waals surface area contributed by atoms with Gasteiger partial charge in [-0.15, -0.1) is 0 Å². The van der Waals surface area contributed by atoms with Crippen molar-refractivity contribution in [2.75, 3.05) is 13.1 Å². The third-order valence-corrected chi connectivity index (χ3v) is 7.67. The number of fused-ring (bicyclic) bond motifs is 1. The van der Waals surface area contributed by atoms with Crippen LogP contribution in [0.4, 0.5) is 13.2 Å². The molecule has 6 atom stereocenters. The first kappa shape index (κ1) is 27.7. The van der Waals surface area contributed by atoms with Gasteiger partial charge >= 0.3 is 12.1 Å². The number of piperidine rings is 1. The van der Waals surface area contributed by atoms with Crippen LogP contribution in [0, 0.1) is 29.1 Å². The van der Waals surface area contributed by atoms with Crippen molar-refractivity contribution in [2.45, 2.75) is 71.3 Å². The van der Waals surface area contributed by atoms with E-state index in [-0.39, 0.29) is 48.5 Å². The summed E-state index contributed by atoms with van der Waals surface area (Å²) in [5, 5.41) is 7.01. The first-order valence-corrected chi connectivity index (χ1v) is 12.1. The molecule has 0 radical (unpaired) electrons. The van der Waals surface area contributed by atoms with Gasteiger partial charge in [-0.25, -0.2) is 0 Å². The number of primary amides is 1. The average molecular weight is 518 g/mol. The molecule has 3 rings (SSSR count). The van der Waals surface area contributed by atoms with Gasteiger partial charge in [0, 0.05) is 19.0 Å². The molecule has 3 aliphatic rings. The van der Waals surface area contributed by atoms with Gasteiger partial charge in [0.25, 0.3) is 0 Å². The Morgan fingerprint density at radius 1 is 1.17 bits per heavy atom. The summed E-state index contributed by atoms with van der Waals surface area (Å²) in [5.41, 5.74) is 5.18. The molecule has 2 saturated heterocycles. The van der Waals surface area contributed by atoms with Crippen molar-refractivity contribution >= 4 is 29.5 Å². The van der Waals surface area contributed by atoms with Crippen LogP contribution < -0.4 is 21.7 Å². The van der Waals surface area contributed by atoms with Crippen molar-refractivity contribution in [3.05, 3.63) is 0 Å². The number of likely N-dealkylation sites (tertiary alicyclic amines) is 1. The lowest BCUT2D eigenvalue weighted by molar-refractivity contribution is -0.175. The Hall–Kier alpha value is -2.86. The molecule has 1 saturated carbocycles. The number of nitrogens with one attached hydrogen (secondary N) is 3. The molecular weight excluding hydrogens is 483 g/mol. The van der Waals surface area contributed by atoms with Crippen molar-refractivity contribution in [2.24, 2.45) is 34.8 Å². The van der Waals surface area contributed by atoms with Crippen LogP contribution in [0.5, 0.6) is 0 Å². The van der Waals surface area contributed by atoms with Crippen LogP contribution in [0.25, 0.3) is 0 Å². The van der Waals surface area contributed by atoms with E-state index in [0.29, 0.717) is 13.0 Å².